The standard InChI is InChI=1S/C16H18ClN3O2/c1-11-9-19(10-12(2)22-11)15(21)7-6-13-16(17)18-14-5-3-4-8-20(13)14/h3-8,11-12H,9-10H2,1-2H3/b7-6+/t11-,12+. The number of hydrogen-bond donors (Lipinski definition) is 0. The first-order valence-corrected chi connectivity index (χ1v) is 7.67. The Morgan fingerprint density at radius 3 is 2.82 bits per heavy atom. The Bertz CT molecular complexity index is 715. The second kappa shape index (κ2) is 6.10. The second-order valence-electron chi connectivity index (χ2n) is 5.55. The molecule has 0 spiro atoms. The van der Waals surface area contributed by atoms with Gasteiger partial charge < -0.3 is 9.64 Å². The minimum atomic E-state index is -0.0380. The van der Waals surface area contributed by atoms with Crippen LogP contribution in [-0.2, 0) is 9.53 Å². The van der Waals surface area contributed by atoms with Gasteiger partial charge in [-0.1, -0.05) is 17.7 Å². The molecule has 0 aliphatic carbocycles. The highest BCUT2D eigenvalue weighted by Gasteiger charge is 2.24. The van der Waals surface area contributed by atoms with E-state index in [1.54, 1.807) is 17.1 Å². The number of halogens is 1. The molecule has 1 aliphatic rings. The molecule has 3 heterocycles. The van der Waals surface area contributed by atoms with E-state index in [9.17, 15) is 4.79 Å². The maximum atomic E-state index is 12.3. The van der Waals surface area contributed by atoms with Crippen molar-refractivity contribution in [2.24, 2.45) is 0 Å². The molecular formula is C16H18ClN3O2. The first kappa shape index (κ1) is 15.1. The lowest BCUT2D eigenvalue weighted by Gasteiger charge is -2.34. The van der Waals surface area contributed by atoms with Crippen molar-refractivity contribution in [3.8, 4) is 0 Å². The summed E-state index contributed by atoms with van der Waals surface area (Å²) in [6.07, 6.45) is 5.25. The number of fused-ring (bicyclic) bond motifs is 1. The Balaban J connectivity index is 1.80. The van der Waals surface area contributed by atoms with Crippen LogP contribution in [0.3, 0.4) is 0 Å². The molecule has 0 aromatic carbocycles. The quantitative estimate of drug-likeness (QED) is 0.799. The van der Waals surface area contributed by atoms with Crippen LogP contribution in [0.4, 0.5) is 0 Å². The highest BCUT2D eigenvalue weighted by Crippen LogP contribution is 2.19. The van der Waals surface area contributed by atoms with Gasteiger partial charge in [-0.15, -0.1) is 0 Å². The summed E-state index contributed by atoms with van der Waals surface area (Å²) in [6.45, 7) is 5.16. The van der Waals surface area contributed by atoms with Crippen LogP contribution in [0.5, 0.6) is 0 Å². The topological polar surface area (TPSA) is 46.8 Å². The van der Waals surface area contributed by atoms with Crippen molar-refractivity contribution >= 4 is 29.2 Å². The zero-order chi connectivity index (χ0) is 15.7. The van der Waals surface area contributed by atoms with Crippen LogP contribution in [0, 0.1) is 0 Å². The molecule has 0 bridgehead atoms. The molecule has 2 aromatic heterocycles. The average molecular weight is 320 g/mol. The number of rotatable bonds is 2. The monoisotopic (exact) mass is 319 g/mol. The van der Waals surface area contributed by atoms with E-state index < -0.39 is 0 Å². The van der Waals surface area contributed by atoms with Crippen molar-refractivity contribution in [3.05, 3.63) is 41.3 Å². The molecule has 0 radical (unpaired) electrons. The maximum absolute atomic E-state index is 12.3. The molecule has 1 fully saturated rings. The van der Waals surface area contributed by atoms with E-state index in [1.165, 1.54) is 0 Å². The summed E-state index contributed by atoms with van der Waals surface area (Å²) in [6, 6.07) is 5.67. The first-order chi connectivity index (χ1) is 10.5. The van der Waals surface area contributed by atoms with Gasteiger partial charge in [-0.25, -0.2) is 4.98 Å². The number of hydrogen-bond acceptors (Lipinski definition) is 3. The van der Waals surface area contributed by atoms with Gasteiger partial charge in [0.1, 0.15) is 5.65 Å². The molecule has 0 saturated carbocycles. The van der Waals surface area contributed by atoms with E-state index in [-0.39, 0.29) is 18.1 Å². The van der Waals surface area contributed by atoms with Crippen LogP contribution in [0.1, 0.15) is 19.5 Å². The molecule has 3 rings (SSSR count). The van der Waals surface area contributed by atoms with E-state index in [2.05, 4.69) is 4.98 Å². The number of carbonyl (C=O) groups excluding carboxylic acids is 1. The number of ether oxygens (including phenoxy) is 1. The van der Waals surface area contributed by atoms with E-state index in [0.717, 1.165) is 5.65 Å². The van der Waals surface area contributed by atoms with Crippen LogP contribution in [0.2, 0.25) is 5.15 Å². The highest BCUT2D eigenvalue weighted by atomic mass is 35.5. The number of nitrogens with zero attached hydrogens (tertiary/aromatic N) is 3. The molecule has 116 valence electrons. The normalized spacial score (nSPS) is 22.6. The Kier molecular flexibility index (Phi) is 4.18. The highest BCUT2D eigenvalue weighted by molar-refractivity contribution is 6.31. The van der Waals surface area contributed by atoms with Gasteiger partial charge in [0.05, 0.1) is 17.9 Å². The number of pyridine rings is 1. The summed E-state index contributed by atoms with van der Waals surface area (Å²) in [5.41, 5.74) is 1.47. The predicted octanol–water partition coefficient (Wildman–Crippen LogP) is 2.64. The Labute approximate surface area is 134 Å². The summed E-state index contributed by atoms with van der Waals surface area (Å²) < 4.78 is 7.50. The molecule has 0 N–H and O–H groups in total. The first-order valence-electron chi connectivity index (χ1n) is 7.29. The molecule has 1 amide bonds. The largest absolute Gasteiger partial charge is 0.372 e. The van der Waals surface area contributed by atoms with Gasteiger partial charge in [0, 0.05) is 25.4 Å². The number of carbonyl (C=O) groups is 1. The van der Waals surface area contributed by atoms with Crippen LogP contribution in [-0.4, -0.2) is 45.5 Å². The van der Waals surface area contributed by atoms with E-state index in [1.807, 2.05) is 42.6 Å². The van der Waals surface area contributed by atoms with Crippen molar-refractivity contribution in [3.63, 3.8) is 0 Å². The van der Waals surface area contributed by atoms with E-state index in [4.69, 9.17) is 16.3 Å². The fraction of sp³-hybridized carbons (Fsp3) is 0.375. The van der Waals surface area contributed by atoms with Crippen LogP contribution in [0.25, 0.3) is 11.7 Å². The van der Waals surface area contributed by atoms with Crippen LogP contribution < -0.4 is 0 Å². The van der Waals surface area contributed by atoms with Gasteiger partial charge in [0.2, 0.25) is 5.91 Å². The van der Waals surface area contributed by atoms with Gasteiger partial charge in [0.25, 0.3) is 0 Å². The summed E-state index contributed by atoms with van der Waals surface area (Å²) in [5, 5.41) is 0.388. The SMILES string of the molecule is C[C@@H]1CN(C(=O)/C=C/c2c(Cl)nc3ccccn23)C[C@H](C)O1. The zero-order valence-corrected chi connectivity index (χ0v) is 13.3. The van der Waals surface area contributed by atoms with Crippen molar-refractivity contribution in [2.45, 2.75) is 26.1 Å². The molecule has 0 unspecified atom stereocenters. The van der Waals surface area contributed by atoms with Crippen LogP contribution in [0.15, 0.2) is 30.5 Å². The van der Waals surface area contributed by atoms with Gasteiger partial charge >= 0.3 is 0 Å². The number of imidazole rings is 1. The molecule has 6 heteroatoms. The second-order valence-corrected chi connectivity index (χ2v) is 5.91. The van der Waals surface area contributed by atoms with Gasteiger partial charge in [-0.3, -0.25) is 9.20 Å². The zero-order valence-electron chi connectivity index (χ0n) is 12.6. The smallest absolute Gasteiger partial charge is 0.246 e. The van der Waals surface area contributed by atoms with Gasteiger partial charge in [0.15, 0.2) is 5.15 Å². The van der Waals surface area contributed by atoms with Crippen molar-refractivity contribution in [2.75, 3.05) is 13.1 Å². The summed E-state index contributed by atoms with van der Waals surface area (Å²) in [4.78, 5) is 18.4. The summed E-state index contributed by atoms with van der Waals surface area (Å²) in [5.74, 6) is -0.0380. The summed E-state index contributed by atoms with van der Waals surface area (Å²) in [7, 11) is 0. The number of aromatic nitrogens is 2. The fourth-order valence-corrected chi connectivity index (χ4v) is 2.99. The molecule has 1 aliphatic heterocycles. The fourth-order valence-electron chi connectivity index (χ4n) is 2.75. The molecule has 1 saturated heterocycles. The molecule has 5 nitrogen and oxygen atoms in total. The van der Waals surface area contributed by atoms with Crippen molar-refractivity contribution in [1.29, 1.82) is 0 Å². The average Bonchev–Trinajstić information content (AvgIpc) is 2.79. The molecular weight excluding hydrogens is 302 g/mol. The van der Waals surface area contributed by atoms with E-state index in [0.29, 0.717) is 23.9 Å². The Morgan fingerprint density at radius 2 is 2.09 bits per heavy atom. The predicted molar refractivity (Wildman–Crippen MR) is 85.8 cm³/mol. The Hall–Kier alpha value is -1.85. The maximum Gasteiger partial charge on any atom is 0.246 e. The van der Waals surface area contributed by atoms with Crippen LogP contribution >= 0.6 is 11.6 Å². The third-order valence-electron chi connectivity index (χ3n) is 3.64. The summed E-state index contributed by atoms with van der Waals surface area (Å²) >= 11 is 6.16. The lowest BCUT2D eigenvalue weighted by atomic mass is 10.2. The minimum absolute atomic E-state index is 0.0380. The minimum Gasteiger partial charge on any atom is -0.372 e. The van der Waals surface area contributed by atoms with Crippen molar-refractivity contribution in [1.82, 2.24) is 14.3 Å². The number of amides is 1. The Morgan fingerprint density at radius 1 is 1.36 bits per heavy atom. The number of morpholine rings is 1. The molecule has 2 aromatic rings. The van der Waals surface area contributed by atoms with Crippen molar-refractivity contribution < 1.29 is 9.53 Å². The third-order valence-corrected chi connectivity index (χ3v) is 3.92. The lowest BCUT2D eigenvalue weighted by Crippen LogP contribution is -2.47. The molecule has 2 atom stereocenters. The lowest BCUT2D eigenvalue weighted by molar-refractivity contribution is -0.137. The third kappa shape index (κ3) is 3.00. The molecule has 22 heavy (non-hydrogen) atoms. The van der Waals surface area contributed by atoms with Gasteiger partial charge in [-0.2, -0.15) is 0 Å². The van der Waals surface area contributed by atoms with Gasteiger partial charge in [-0.05, 0) is 32.1 Å². The van der Waals surface area contributed by atoms with E-state index >= 15 is 0 Å².